The first kappa shape index (κ1) is 28.7. The van der Waals surface area contributed by atoms with Gasteiger partial charge in [-0.3, -0.25) is 9.59 Å². The van der Waals surface area contributed by atoms with Gasteiger partial charge in [0, 0.05) is 6.54 Å². The van der Waals surface area contributed by atoms with Crippen LogP contribution >= 0.6 is 0 Å². The molecule has 1 unspecified atom stereocenters. The average Bonchev–Trinajstić information content (AvgIpc) is 3.23. The summed E-state index contributed by atoms with van der Waals surface area (Å²) in [4.78, 5) is 52.4. The second kappa shape index (κ2) is 13.4. The summed E-state index contributed by atoms with van der Waals surface area (Å²) in [5.41, 5.74) is 0. The van der Waals surface area contributed by atoms with Crippen LogP contribution in [0.1, 0.15) is 60.8 Å². The molecule has 4 atom stereocenters. The third-order valence-electron chi connectivity index (χ3n) is 5.89. The number of aliphatic hydroxyl groups is 1. The number of carbonyl (C=O) groups is 4. The molecule has 1 aliphatic heterocycles. The fourth-order valence-electron chi connectivity index (χ4n) is 3.87. The summed E-state index contributed by atoms with van der Waals surface area (Å²) in [5.74, 6) is -1.24. The van der Waals surface area contributed by atoms with Crippen molar-refractivity contribution in [3.05, 3.63) is 0 Å². The van der Waals surface area contributed by atoms with E-state index in [0.717, 1.165) is 0 Å². The molecule has 10 nitrogen and oxygen atoms in total. The first-order valence-corrected chi connectivity index (χ1v) is 11.8. The van der Waals surface area contributed by atoms with Gasteiger partial charge in [0.25, 0.3) is 0 Å². The molecule has 1 aliphatic rings. The molecule has 1 heterocycles. The van der Waals surface area contributed by atoms with E-state index < -0.39 is 36.2 Å². The number of methoxy groups -OCH3 is 1. The Morgan fingerprint density at radius 2 is 1.64 bits per heavy atom. The van der Waals surface area contributed by atoms with Gasteiger partial charge in [-0.25, -0.2) is 9.59 Å². The fraction of sp³-hybridized carbons (Fsp3) is 0.826. The van der Waals surface area contributed by atoms with E-state index in [0.29, 0.717) is 25.8 Å². The number of hydrogen-bond acceptors (Lipinski definition) is 6. The van der Waals surface area contributed by atoms with Crippen molar-refractivity contribution in [2.24, 2.45) is 17.8 Å². The van der Waals surface area contributed by atoms with Crippen molar-refractivity contribution in [1.29, 1.82) is 0 Å². The largest absolute Gasteiger partial charge is 0.467 e. The van der Waals surface area contributed by atoms with Gasteiger partial charge in [0.15, 0.2) is 0 Å². The number of ether oxygens (including phenoxy) is 1. The number of rotatable bonds is 11. The van der Waals surface area contributed by atoms with Crippen LogP contribution in [0.2, 0.25) is 0 Å². The molecule has 0 saturated carbocycles. The molecule has 0 aromatic carbocycles. The normalized spacial score (nSPS) is 18.8. The van der Waals surface area contributed by atoms with Crippen LogP contribution < -0.4 is 16.0 Å². The summed E-state index contributed by atoms with van der Waals surface area (Å²) in [6.07, 6.45) is 1.59. The minimum Gasteiger partial charge on any atom is -0.467 e. The van der Waals surface area contributed by atoms with Gasteiger partial charge < -0.3 is 30.7 Å². The third-order valence-corrected chi connectivity index (χ3v) is 5.89. The van der Waals surface area contributed by atoms with Crippen molar-refractivity contribution in [2.75, 3.05) is 20.3 Å². The van der Waals surface area contributed by atoms with Gasteiger partial charge in [-0.2, -0.15) is 0 Å². The highest BCUT2D eigenvalue weighted by Gasteiger charge is 2.39. The molecule has 0 aromatic rings. The number of carbonyl (C=O) groups excluding carboxylic acids is 4. The van der Waals surface area contributed by atoms with Crippen molar-refractivity contribution in [2.45, 2.75) is 85.0 Å². The molecule has 33 heavy (non-hydrogen) atoms. The van der Waals surface area contributed by atoms with Gasteiger partial charge in [-0.1, -0.05) is 41.5 Å². The van der Waals surface area contributed by atoms with Crippen LogP contribution in [0.5, 0.6) is 0 Å². The van der Waals surface area contributed by atoms with Crippen molar-refractivity contribution in [3.8, 4) is 0 Å². The third kappa shape index (κ3) is 8.49. The lowest BCUT2D eigenvalue weighted by Crippen LogP contribution is -2.58. The topological polar surface area (TPSA) is 137 Å². The van der Waals surface area contributed by atoms with Gasteiger partial charge in [0.1, 0.15) is 18.1 Å². The highest BCUT2D eigenvalue weighted by atomic mass is 16.5. The van der Waals surface area contributed by atoms with E-state index in [1.807, 2.05) is 27.7 Å². The van der Waals surface area contributed by atoms with Crippen LogP contribution in [0.4, 0.5) is 4.79 Å². The zero-order valence-corrected chi connectivity index (χ0v) is 21.0. The average molecular weight is 471 g/mol. The quantitative estimate of drug-likeness (QED) is 0.333. The maximum Gasteiger partial charge on any atom is 0.328 e. The summed E-state index contributed by atoms with van der Waals surface area (Å²) in [5, 5.41) is 17.6. The van der Waals surface area contributed by atoms with Crippen molar-refractivity contribution in [1.82, 2.24) is 20.9 Å². The highest BCUT2D eigenvalue weighted by molar-refractivity contribution is 5.93. The van der Waals surface area contributed by atoms with Crippen LogP contribution in [-0.4, -0.2) is 78.3 Å². The predicted octanol–water partition coefficient (Wildman–Crippen LogP) is 1.02. The number of nitrogens with one attached hydrogen (secondary N) is 3. The van der Waals surface area contributed by atoms with Crippen LogP contribution in [0.25, 0.3) is 0 Å². The first-order chi connectivity index (χ1) is 15.4. The summed E-state index contributed by atoms with van der Waals surface area (Å²) in [6, 6.07) is -3.38. The first-order valence-electron chi connectivity index (χ1n) is 11.8. The summed E-state index contributed by atoms with van der Waals surface area (Å²) in [7, 11) is 1.26. The summed E-state index contributed by atoms with van der Waals surface area (Å²) >= 11 is 0. The lowest BCUT2D eigenvalue weighted by atomic mass is 10.0. The Labute approximate surface area is 197 Å². The van der Waals surface area contributed by atoms with E-state index in [-0.39, 0.29) is 36.2 Å². The van der Waals surface area contributed by atoms with E-state index in [1.165, 1.54) is 12.0 Å². The molecule has 4 amide bonds. The molecule has 1 saturated heterocycles. The van der Waals surface area contributed by atoms with Crippen LogP contribution in [0, 0.1) is 17.8 Å². The Morgan fingerprint density at radius 3 is 2.12 bits per heavy atom. The predicted molar refractivity (Wildman–Crippen MR) is 124 cm³/mol. The molecule has 1 fully saturated rings. The molecular weight excluding hydrogens is 428 g/mol. The maximum absolute atomic E-state index is 13.3. The van der Waals surface area contributed by atoms with E-state index in [4.69, 9.17) is 4.74 Å². The molecule has 0 radical (unpaired) electrons. The maximum atomic E-state index is 13.3. The van der Waals surface area contributed by atoms with Gasteiger partial charge in [-0.15, -0.1) is 0 Å². The number of esters is 1. The molecule has 190 valence electrons. The molecule has 0 aliphatic carbocycles. The minimum absolute atomic E-state index is 0.0480. The van der Waals surface area contributed by atoms with Crippen molar-refractivity contribution >= 4 is 23.8 Å². The van der Waals surface area contributed by atoms with Gasteiger partial charge >= 0.3 is 12.0 Å². The van der Waals surface area contributed by atoms with Crippen LogP contribution in [0.15, 0.2) is 0 Å². The number of urea groups is 1. The number of likely N-dealkylation sites (tertiary alicyclic amines) is 1. The van der Waals surface area contributed by atoms with E-state index in [9.17, 15) is 24.3 Å². The second-order valence-electron chi connectivity index (χ2n) is 9.78. The Hall–Kier alpha value is -2.36. The van der Waals surface area contributed by atoms with Crippen LogP contribution in [0.3, 0.4) is 0 Å². The molecule has 0 spiro atoms. The molecule has 1 rings (SSSR count). The Morgan fingerprint density at radius 1 is 1.00 bits per heavy atom. The number of aliphatic hydroxyl groups excluding tert-OH is 1. The number of amides is 4. The van der Waals surface area contributed by atoms with E-state index in [2.05, 4.69) is 16.0 Å². The Balaban J connectivity index is 2.91. The molecule has 4 N–H and O–H groups in total. The van der Waals surface area contributed by atoms with Gasteiger partial charge in [0.2, 0.25) is 11.8 Å². The monoisotopic (exact) mass is 470 g/mol. The standard InChI is InChI=1S/C23H42N4O6/c1-13(2)11-16(22(31)33-7)25-23(32)26-19(15(5)6)21(30)27-10-8-9-18(27)20(29)24-17(12-28)14(3)4/h13-19,28H,8-12H2,1-7H3,(H,24,29)(H2,25,26,32)/t16?,17-,18+,19+/m1/s1. The highest BCUT2D eigenvalue weighted by Crippen LogP contribution is 2.21. The summed E-state index contributed by atoms with van der Waals surface area (Å²) < 4.78 is 4.77. The number of nitrogens with zero attached hydrogens (tertiary/aromatic N) is 1. The SMILES string of the molecule is COC(=O)C(CC(C)C)NC(=O)N[C@H](C(=O)N1CCC[C@H]1C(=O)N[C@H](CO)C(C)C)C(C)C. The zero-order valence-electron chi connectivity index (χ0n) is 21.0. The number of hydrogen-bond donors (Lipinski definition) is 4. The molecular formula is C23H42N4O6. The smallest absolute Gasteiger partial charge is 0.328 e. The minimum atomic E-state index is -0.866. The fourth-order valence-corrected chi connectivity index (χ4v) is 3.87. The van der Waals surface area contributed by atoms with Crippen molar-refractivity contribution < 1.29 is 29.0 Å². The van der Waals surface area contributed by atoms with Gasteiger partial charge in [-0.05, 0) is 37.0 Å². The van der Waals surface area contributed by atoms with E-state index in [1.54, 1.807) is 13.8 Å². The lowest BCUT2D eigenvalue weighted by molar-refractivity contribution is -0.143. The second-order valence-corrected chi connectivity index (χ2v) is 9.78. The summed E-state index contributed by atoms with van der Waals surface area (Å²) in [6.45, 7) is 11.5. The Bertz CT molecular complexity index is 682. The Kier molecular flexibility index (Phi) is 11.6. The van der Waals surface area contributed by atoms with Gasteiger partial charge in [0.05, 0.1) is 19.8 Å². The van der Waals surface area contributed by atoms with Crippen LogP contribution in [-0.2, 0) is 19.1 Å². The molecule has 0 aromatic heterocycles. The molecule has 10 heteroatoms. The lowest BCUT2D eigenvalue weighted by Gasteiger charge is -2.32. The van der Waals surface area contributed by atoms with Crippen molar-refractivity contribution in [3.63, 3.8) is 0 Å². The van der Waals surface area contributed by atoms with E-state index >= 15 is 0 Å². The zero-order chi connectivity index (χ0) is 25.3. The molecule has 0 bridgehead atoms.